The topological polar surface area (TPSA) is 61.4 Å². The average Bonchev–Trinajstić information content (AvgIpc) is 2.63. The first-order chi connectivity index (χ1) is 12.4. The van der Waals surface area contributed by atoms with Crippen LogP contribution in [0.4, 0.5) is 4.39 Å². The van der Waals surface area contributed by atoms with E-state index in [9.17, 15) is 9.90 Å². The Kier molecular flexibility index (Phi) is 5.92. The first-order valence-electron chi connectivity index (χ1n) is 8.82. The summed E-state index contributed by atoms with van der Waals surface area (Å²) >= 11 is 12.1. The summed E-state index contributed by atoms with van der Waals surface area (Å²) in [6.45, 7) is 4.64. The zero-order valence-electron chi connectivity index (χ0n) is 14.5. The van der Waals surface area contributed by atoms with Crippen molar-refractivity contribution >= 4 is 29.1 Å². The number of alkyl halides is 1. The predicted molar refractivity (Wildman–Crippen MR) is 101 cm³/mol. The van der Waals surface area contributed by atoms with Crippen molar-refractivity contribution in [3.05, 3.63) is 45.5 Å². The Morgan fingerprint density at radius 2 is 2.23 bits per heavy atom. The highest BCUT2D eigenvalue weighted by Crippen LogP contribution is 2.43. The number of nitrogens with one attached hydrogen (secondary N) is 2. The molecule has 1 heterocycles. The molecule has 4 nitrogen and oxygen atoms in total. The number of halogens is 3. The van der Waals surface area contributed by atoms with Gasteiger partial charge in [-0.05, 0) is 55.5 Å². The van der Waals surface area contributed by atoms with Gasteiger partial charge in [0.25, 0.3) is 5.91 Å². The molecule has 26 heavy (non-hydrogen) atoms. The molecule has 142 valence electrons. The predicted octanol–water partition coefficient (Wildman–Crippen LogP) is 3.53. The van der Waals surface area contributed by atoms with Gasteiger partial charge >= 0.3 is 0 Å². The second-order valence-corrected chi connectivity index (χ2v) is 7.91. The van der Waals surface area contributed by atoms with E-state index in [2.05, 4.69) is 17.2 Å². The summed E-state index contributed by atoms with van der Waals surface area (Å²) in [5, 5.41) is 16.2. The van der Waals surface area contributed by atoms with E-state index in [1.165, 1.54) is 0 Å². The first-order valence-corrected chi connectivity index (χ1v) is 9.58. The van der Waals surface area contributed by atoms with E-state index < -0.39 is 17.5 Å². The Morgan fingerprint density at radius 3 is 2.96 bits per heavy atom. The van der Waals surface area contributed by atoms with Gasteiger partial charge in [-0.15, -0.1) is 0 Å². The molecule has 0 spiro atoms. The van der Waals surface area contributed by atoms with Gasteiger partial charge in [0, 0.05) is 28.5 Å². The Hall–Kier alpha value is -1.14. The molecule has 2 fully saturated rings. The second kappa shape index (κ2) is 7.85. The highest BCUT2D eigenvalue weighted by Gasteiger charge is 2.53. The van der Waals surface area contributed by atoms with Crippen LogP contribution in [0.2, 0.25) is 10.0 Å². The third-order valence-electron chi connectivity index (χ3n) is 5.52. The lowest BCUT2D eigenvalue weighted by Crippen LogP contribution is -2.60. The van der Waals surface area contributed by atoms with Crippen molar-refractivity contribution in [2.45, 2.75) is 50.5 Å². The molecule has 0 bridgehead atoms. The quantitative estimate of drug-likeness (QED) is 0.677. The molecule has 1 aromatic carbocycles. The van der Waals surface area contributed by atoms with Gasteiger partial charge in [-0.3, -0.25) is 4.79 Å². The lowest BCUT2D eigenvalue weighted by molar-refractivity contribution is -0.140. The number of carbonyl (C=O) groups excluding carboxylic acids is 1. The lowest BCUT2D eigenvalue weighted by atomic mass is 9.68. The zero-order valence-corrected chi connectivity index (χ0v) is 16.0. The Morgan fingerprint density at radius 1 is 1.46 bits per heavy atom. The maximum absolute atomic E-state index is 15.7. The maximum atomic E-state index is 15.7. The van der Waals surface area contributed by atoms with E-state index in [0.717, 1.165) is 18.5 Å². The van der Waals surface area contributed by atoms with Crippen molar-refractivity contribution in [1.82, 2.24) is 10.6 Å². The minimum Gasteiger partial charge on any atom is -0.392 e. The third kappa shape index (κ3) is 3.63. The summed E-state index contributed by atoms with van der Waals surface area (Å²) in [4.78, 5) is 12.8. The average molecular weight is 401 g/mol. The van der Waals surface area contributed by atoms with E-state index in [1.54, 1.807) is 12.1 Å². The molecule has 1 saturated heterocycles. The first kappa shape index (κ1) is 19.6. The summed E-state index contributed by atoms with van der Waals surface area (Å²) in [6, 6.07) is 2.98. The number of hydrogen-bond donors (Lipinski definition) is 3. The fraction of sp³-hybridized carbons (Fsp3) is 0.526. The molecule has 1 amide bonds. The summed E-state index contributed by atoms with van der Waals surface area (Å²) in [5.41, 5.74) is 0.107. The van der Waals surface area contributed by atoms with Crippen molar-refractivity contribution < 1.29 is 14.3 Å². The van der Waals surface area contributed by atoms with Crippen LogP contribution < -0.4 is 10.6 Å². The highest BCUT2D eigenvalue weighted by molar-refractivity contribution is 6.35. The van der Waals surface area contributed by atoms with Crippen LogP contribution >= 0.6 is 23.2 Å². The molecule has 0 radical (unpaired) electrons. The van der Waals surface area contributed by atoms with Crippen LogP contribution in [0.5, 0.6) is 0 Å². The minimum atomic E-state index is -1.93. The molecule has 3 rings (SSSR count). The van der Waals surface area contributed by atoms with E-state index in [0.29, 0.717) is 34.0 Å². The maximum Gasteiger partial charge on any atom is 0.258 e. The number of benzene rings is 1. The van der Waals surface area contributed by atoms with Crippen LogP contribution in [0.1, 0.15) is 36.8 Å². The standard InChI is InChI=1S/C19H23Cl2FN2O2/c1-11-4-5-19(22,15-3-2-6-23-17(11)15)18(26)24-9-14-12(10-25)7-13(20)8-16(14)21/h7-8,15,17,23,25H,1-6,9-10H2,(H,24,26). The van der Waals surface area contributed by atoms with Crippen LogP contribution in [0.15, 0.2) is 24.3 Å². The number of piperidine rings is 1. The molecular formula is C19H23Cl2FN2O2. The van der Waals surface area contributed by atoms with Gasteiger partial charge in [-0.1, -0.05) is 35.4 Å². The molecular weight excluding hydrogens is 378 g/mol. The van der Waals surface area contributed by atoms with Crippen molar-refractivity contribution in [1.29, 1.82) is 0 Å². The molecule has 1 aliphatic heterocycles. The van der Waals surface area contributed by atoms with E-state index in [1.807, 2.05) is 0 Å². The van der Waals surface area contributed by atoms with Gasteiger partial charge in [0.1, 0.15) is 0 Å². The van der Waals surface area contributed by atoms with Gasteiger partial charge in [-0.2, -0.15) is 0 Å². The van der Waals surface area contributed by atoms with Gasteiger partial charge < -0.3 is 15.7 Å². The molecule has 0 aromatic heterocycles. The Labute approximate surface area is 162 Å². The number of fused-ring (bicyclic) bond motifs is 1. The molecule has 3 unspecified atom stereocenters. The molecule has 1 saturated carbocycles. The van der Waals surface area contributed by atoms with Crippen molar-refractivity contribution in [3.63, 3.8) is 0 Å². The minimum absolute atomic E-state index is 0.0438. The molecule has 7 heteroatoms. The van der Waals surface area contributed by atoms with Gasteiger partial charge in [0.2, 0.25) is 0 Å². The van der Waals surface area contributed by atoms with Crippen LogP contribution in [0.25, 0.3) is 0 Å². The smallest absolute Gasteiger partial charge is 0.258 e. The van der Waals surface area contributed by atoms with Gasteiger partial charge in [-0.25, -0.2) is 4.39 Å². The van der Waals surface area contributed by atoms with E-state index in [-0.39, 0.29) is 25.6 Å². The fourth-order valence-electron chi connectivity index (χ4n) is 4.09. The summed E-state index contributed by atoms with van der Waals surface area (Å²) in [6.07, 6.45) is 2.12. The molecule has 3 N–H and O–H groups in total. The number of aliphatic hydroxyl groups excluding tert-OH is 1. The molecule has 1 aromatic rings. The lowest BCUT2D eigenvalue weighted by Gasteiger charge is -2.45. The Balaban J connectivity index is 1.76. The zero-order chi connectivity index (χ0) is 18.9. The number of carbonyl (C=O) groups is 1. The summed E-state index contributed by atoms with van der Waals surface area (Å²) in [7, 11) is 0. The van der Waals surface area contributed by atoms with Crippen LogP contribution in [-0.4, -0.2) is 29.3 Å². The van der Waals surface area contributed by atoms with Gasteiger partial charge in [0.15, 0.2) is 5.67 Å². The van der Waals surface area contributed by atoms with E-state index >= 15 is 4.39 Å². The van der Waals surface area contributed by atoms with Crippen molar-refractivity contribution in [3.8, 4) is 0 Å². The van der Waals surface area contributed by atoms with Gasteiger partial charge in [0.05, 0.1) is 6.61 Å². The summed E-state index contributed by atoms with van der Waals surface area (Å²) in [5.74, 6) is -1.03. The second-order valence-electron chi connectivity index (χ2n) is 7.07. The van der Waals surface area contributed by atoms with Crippen LogP contribution in [0, 0.1) is 5.92 Å². The number of rotatable bonds is 4. The normalized spacial score (nSPS) is 28.5. The Bertz CT molecular complexity index is 728. The summed E-state index contributed by atoms with van der Waals surface area (Å²) < 4.78 is 15.7. The third-order valence-corrected chi connectivity index (χ3v) is 6.08. The van der Waals surface area contributed by atoms with E-state index in [4.69, 9.17) is 23.2 Å². The van der Waals surface area contributed by atoms with Crippen LogP contribution in [-0.2, 0) is 17.9 Å². The molecule has 1 aliphatic carbocycles. The SMILES string of the molecule is C=C1CCC(F)(C(=O)NCc2c(Cl)cc(Cl)cc2CO)C2CCCNC12. The number of hydrogen-bond acceptors (Lipinski definition) is 3. The fourth-order valence-corrected chi connectivity index (χ4v) is 4.69. The largest absolute Gasteiger partial charge is 0.392 e. The molecule has 3 atom stereocenters. The monoisotopic (exact) mass is 400 g/mol. The number of amides is 1. The highest BCUT2D eigenvalue weighted by atomic mass is 35.5. The molecule has 2 aliphatic rings. The number of aliphatic hydroxyl groups is 1. The van der Waals surface area contributed by atoms with Crippen molar-refractivity contribution in [2.75, 3.05) is 6.54 Å². The van der Waals surface area contributed by atoms with Crippen molar-refractivity contribution in [2.24, 2.45) is 5.92 Å². The van der Waals surface area contributed by atoms with Crippen LogP contribution in [0.3, 0.4) is 0 Å².